The molecule has 0 fully saturated rings. The zero-order valence-corrected chi connectivity index (χ0v) is 34.6. The molecule has 0 aliphatic heterocycles. The molecule has 0 saturated carbocycles. The third kappa shape index (κ3) is 4.58. The smallest absolute Gasteiger partial charge is 0.0561 e. The molecule has 0 N–H and O–H groups in total. The van der Waals surface area contributed by atoms with E-state index in [1.165, 1.54) is 94.3 Å². The molecule has 0 spiro atoms. The highest BCUT2D eigenvalue weighted by atomic mass is 15.1. The van der Waals surface area contributed by atoms with Gasteiger partial charge in [0.1, 0.15) is 0 Å². The van der Waals surface area contributed by atoms with Crippen LogP contribution in [0.5, 0.6) is 0 Å². The lowest BCUT2D eigenvalue weighted by Gasteiger charge is -2.30. The fraction of sp³-hybridized carbons (Fsp3) is 0.158. The van der Waals surface area contributed by atoms with Crippen molar-refractivity contribution in [3.63, 3.8) is 0 Å². The predicted molar refractivity (Wildman–Crippen MR) is 248 cm³/mol. The van der Waals surface area contributed by atoms with Crippen molar-refractivity contribution in [2.24, 2.45) is 0 Å². The van der Waals surface area contributed by atoms with E-state index in [9.17, 15) is 0 Å². The molecule has 0 bridgehead atoms. The Morgan fingerprint density at radius 2 is 0.729 bits per heavy atom. The van der Waals surface area contributed by atoms with Crippen molar-refractivity contribution in [3.8, 4) is 39.1 Å². The second-order valence-corrected chi connectivity index (χ2v) is 18.6. The Hall–Kier alpha value is -6.64. The first-order valence-corrected chi connectivity index (χ1v) is 21.1. The predicted octanol–water partition coefficient (Wildman–Crippen LogP) is 15.2. The van der Waals surface area contributed by atoms with Gasteiger partial charge in [0.05, 0.1) is 11.0 Å². The molecule has 3 aliphatic rings. The van der Waals surface area contributed by atoms with Gasteiger partial charge in [-0.2, -0.15) is 0 Å². The zero-order chi connectivity index (χ0) is 40.0. The Morgan fingerprint density at radius 1 is 0.322 bits per heavy atom. The number of nitrogens with zero attached hydrogens (tertiary/aromatic N) is 2. The van der Waals surface area contributed by atoms with Crippen molar-refractivity contribution >= 4 is 38.9 Å². The van der Waals surface area contributed by atoms with Gasteiger partial charge in [0.2, 0.25) is 0 Å². The van der Waals surface area contributed by atoms with Crippen LogP contribution in [0.25, 0.3) is 60.9 Å². The number of para-hydroxylation sites is 1. The van der Waals surface area contributed by atoms with Crippen LogP contribution in [0.1, 0.15) is 74.9 Å². The Morgan fingerprint density at radius 3 is 1.27 bits per heavy atom. The lowest BCUT2D eigenvalue weighted by Crippen LogP contribution is -2.18. The summed E-state index contributed by atoms with van der Waals surface area (Å²) in [6.07, 6.45) is 0. The molecule has 3 aliphatic carbocycles. The number of anilines is 3. The summed E-state index contributed by atoms with van der Waals surface area (Å²) < 4.78 is 2.50. The van der Waals surface area contributed by atoms with Crippen LogP contribution in [0.4, 0.5) is 17.1 Å². The summed E-state index contributed by atoms with van der Waals surface area (Å²) in [6.45, 7) is 14.3. The highest BCUT2D eigenvalue weighted by Gasteiger charge is 2.39. The number of hydrogen-bond acceptors (Lipinski definition) is 1. The van der Waals surface area contributed by atoms with E-state index in [0.29, 0.717) is 0 Å². The Labute approximate surface area is 347 Å². The first-order chi connectivity index (χ1) is 28.5. The van der Waals surface area contributed by atoms with E-state index in [-0.39, 0.29) is 16.2 Å². The summed E-state index contributed by atoms with van der Waals surface area (Å²) in [5, 5.41) is 2.54. The van der Waals surface area contributed by atoms with Crippen molar-refractivity contribution < 1.29 is 0 Å². The Kier molecular flexibility index (Phi) is 6.84. The molecular formula is C57H46N2. The third-order valence-corrected chi connectivity index (χ3v) is 14.4. The third-order valence-electron chi connectivity index (χ3n) is 14.4. The maximum Gasteiger partial charge on any atom is 0.0561 e. The molecule has 0 atom stereocenters. The Bertz CT molecular complexity index is 3140. The molecular weight excluding hydrogens is 713 g/mol. The van der Waals surface area contributed by atoms with Gasteiger partial charge >= 0.3 is 0 Å². The highest BCUT2D eigenvalue weighted by molar-refractivity contribution is 6.12. The second kappa shape index (κ2) is 11.7. The quantitative estimate of drug-likeness (QED) is 0.174. The van der Waals surface area contributed by atoms with E-state index < -0.39 is 0 Å². The van der Waals surface area contributed by atoms with Crippen molar-refractivity contribution in [2.45, 2.75) is 57.8 Å². The van der Waals surface area contributed by atoms with Crippen LogP contribution in [0.15, 0.2) is 170 Å². The van der Waals surface area contributed by atoms with Gasteiger partial charge in [-0.1, -0.05) is 151 Å². The van der Waals surface area contributed by atoms with Crippen LogP contribution in [-0.2, 0) is 16.2 Å². The monoisotopic (exact) mass is 758 g/mol. The molecule has 0 saturated heterocycles. The summed E-state index contributed by atoms with van der Waals surface area (Å²) in [5.74, 6) is 0. The minimum atomic E-state index is -0.119. The average Bonchev–Trinajstić information content (AvgIpc) is 3.86. The van der Waals surface area contributed by atoms with Crippen LogP contribution in [-0.4, -0.2) is 4.57 Å². The first kappa shape index (κ1) is 34.4. The van der Waals surface area contributed by atoms with Gasteiger partial charge in [-0.25, -0.2) is 0 Å². The molecule has 2 heteroatoms. The lowest BCUT2D eigenvalue weighted by molar-refractivity contribution is 0.660. The molecule has 284 valence electrons. The minimum Gasteiger partial charge on any atom is -0.310 e. The summed E-state index contributed by atoms with van der Waals surface area (Å²) in [7, 11) is 0. The molecule has 59 heavy (non-hydrogen) atoms. The zero-order valence-electron chi connectivity index (χ0n) is 34.6. The van der Waals surface area contributed by atoms with Crippen LogP contribution in [0.3, 0.4) is 0 Å². The van der Waals surface area contributed by atoms with E-state index in [2.05, 4.69) is 221 Å². The molecule has 2 nitrogen and oxygen atoms in total. The summed E-state index contributed by atoms with van der Waals surface area (Å²) in [4.78, 5) is 2.50. The first-order valence-electron chi connectivity index (χ1n) is 21.1. The van der Waals surface area contributed by atoms with Gasteiger partial charge in [0.15, 0.2) is 0 Å². The number of fused-ring (bicyclic) bond motifs is 12. The van der Waals surface area contributed by atoms with E-state index >= 15 is 0 Å². The van der Waals surface area contributed by atoms with Gasteiger partial charge in [-0.3, -0.25) is 0 Å². The number of rotatable bonds is 4. The van der Waals surface area contributed by atoms with Gasteiger partial charge in [-0.15, -0.1) is 0 Å². The molecule has 0 amide bonds. The van der Waals surface area contributed by atoms with Crippen LogP contribution in [0.2, 0.25) is 0 Å². The van der Waals surface area contributed by atoms with Crippen molar-refractivity contribution in [2.75, 3.05) is 4.90 Å². The highest BCUT2D eigenvalue weighted by Crippen LogP contribution is 2.55. The average molecular weight is 759 g/mol. The Balaban J connectivity index is 1.12. The molecule has 1 heterocycles. The lowest BCUT2D eigenvalue weighted by atomic mass is 9.82. The van der Waals surface area contributed by atoms with Crippen LogP contribution in [0, 0.1) is 0 Å². The standard InChI is InChI=1S/C57H46N2/c1-55(2)47-21-13-10-18-39(47)42-27-24-36(30-50(42)55)58(37-25-28-43-40-19-11-14-22-48(40)56(3,4)51(43)31-37)38-26-29-44-46-33-45-41-20-12-15-23-49(41)57(5,6)52(45)34-54(46)59(53(44)32-38)35-16-8-7-9-17-35/h7-34H,1-6H3. The summed E-state index contributed by atoms with van der Waals surface area (Å²) in [5.41, 5.74) is 23.1. The normalized spacial score (nSPS) is 15.7. The maximum absolute atomic E-state index is 2.50. The molecule has 8 aromatic carbocycles. The topological polar surface area (TPSA) is 8.17 Å². The molecule has 0 unspecified atom stereocenters. The van der Waals surface area contributed by atoms with E-state index in [0.717, 1.165) is 17.1 Å². The molecule has 1 aromatic heterocycles. The fourth-order valence-corrected chi connectivity index (χ4v) is 11.3. The van der Waals surface area contributed by atoms with Gasteiger partial charge < -0.3 is 9.47 Å². The minimum absolute atomic E-state index is 0.0952. The SMILES string of the molecule is CC1(C)c2ccccc2-c2ccc(N(c3ccc4c(c3)C(C)(C)c3ccccc3-4)c3ccc4c5cc6c(cc5n(-c5ccccc5)c4c3)C(C)(C)c3ccccc3-6)cc21. The van der Waals surface area contributed by atoms with Crippen molar-refractivity contribution in [1.29, 1.82) is 0 Å². The van der Waals surface area contributed by atoms with Gasteiger partial charge in [0, 0.05) is 49.8 Å². The number of benzene rings is 8. The molecule has 9 aromatic rings. The van der Waals surface area contributed by atoms with E-state index in [1.54, 1.807) is 0 Å². The van der Waals surface area contributed by atoms with Crippen LogP contribution >= 0.6 is 0 Å². The second-order valence-electron chi connectivity index (χ2n) is 18.6. The number of hydrogen-bond donors (Lipinski definition) is 0. The van der Waals surface area contributed by atoms with Crippen molar-refractivity contribution in [3.05, 3.63) is 203 Å². The van der Waals surface area contributed by atoms with E-state index in [1.807, 2.05) is 0 Å². The van der Waals surface area contributed by atoms with E-state index in [4.69, 9.17) is 0 Å². The molecule has 0 radical (unpaired) electrons. The summed E-state index contributed by atoms with van der Waals surface area (Å²) >= 11 is 0. The summed E-state index contributed by atoms with van der Waals surface area (Å²) in [6, 6.07) is 64.2. The van der Waals surface area contributed by atoms with Gasteiger partial charge in [0.25, 0.3) is 0 Å². The fourth-order valence-electron chi connectivity index (χ4n) is 11.3. The largest absolute Gasteiger partial charge is 0.310 e. The van der Waals surface area contributed by atoms with Gasteiger partial charge in [-0.05, 0) is 127 Å². The molecule has 12 rings (SSSR count). The van der Waals surface area contributed by atoms with Crippen molar-refractivity contribution in [1.82, 2.24) is 4.57 Å². The number of aromatic nitrogens is 1. The maximum atomic E-state index is 2.50. The van der Waals surface area contributed by atoms with Crippen LogP contribution < -0.4 is 4.90 Å².